The molecule has 2 aromatic rings. The second-order valence-electron chi connectivity index (χ2n) is 4.72. The third kappa shape index (κ3) is 3.19. The van der Waals surface area contributed by atoms with Crippen molar-refractivity contribution in [1.82, 2.24) is 0 Å². The standard InChI is InChI=1S/C15H13BrClFN2O/c1-15(14(19)21,10-7-6-9(16)8-11(10)17)20-13-5-3-2-4-12(13)18/h2-8,20H,1H3,(H2,19,21). The van der Waals surface area contributed by atoms with Crippen molar-refractivity contribution in [2.24, 2.45) is 5.73 Å². The molecule has 2 aromatic carbocycles. The van der Waals surface area contributed by atoms with Crippen LogP contribution in [0.15, 0.2) is 46.9 Å². The van der Waals surface area contributed by atoms with Crippen LogP contribution < -0.4 is 11.1 Å². The number of hydrogen-bond donors (Lipinski definition) is 2. The summed E-state index contributed by atoms with van der Waals surface area (Å²) in [6, 6.07) is 11.1. The van der Waals surface area contributed by atoms with Crippen molar-refractivity contribution in [3.63, 3.8) is 0 Å². The maximum absolute atomic E-state index is 13.8. The fraction of sp³-hybridized carbons (Fsp3) is 0.133. The lowest BCUT2D eigenvalue weighted by atomic mass is 9.90. The van der Waals surface area contributed by atoms with Crippen molar-refractivity contribution >= 4 is 39.1 Å². The lowest BCUT2D eigenvalue weighted by Gasteiger charge is -2.30. The molecule has 3 N–H and O–H groups in total. The number of carbonyl (C=O) groups is 1. The zero-order chi connectivity index (χ0) is 15.6. The summed E-state index contributed by atoms with van der Waals surface area (Å²) in [6.45, 7) is 1.57. The van der Waals surface area contributed by atoms with E-state index in [4.69, 9.17) is 17.3 Å². The molecule has 1 atom stereocenters. The maximum atomic E-state index is 13.8. The minimum Gasteiger partial charge on any atom is -0.367 e. The molecule has 0 spiro atoms. The lowest BCUT2D eigenvalue weighted by molar-refractivity contribution is -0.122. The first kappa shape index (κ1) is 15.8. The highest BCUT2D eigenvalue weighted by atomic mass is 79.9. The van der Waals surface area contributed by atoms with Crippen LogP contribution in [-0.2, 0) is 10.3 Å². The van der Waals surface area contributed by atoms with E-state index in [2.05, 4.69) is 21.2 Å². The van der Waals surface area contributed by atoms with Gasteiger partial charge in [-0.3, -0.25) is 4.79 Å². The highest BCUT2D eigenvalue weighted by Crippen LogP contribution is 2.33. The Hall–Kier alpha value is -1.59. The number of primary amides is 1. The zero-order valence-corrected chi connectivity index (χ0v) is 13.5. The van der Waals surface area contributed by atoms with Gasteiger partial charge >= 0.3 is 0 Å². The number of carbonyl (C=O) groups excluding carboxylic acids is 1. The normalized spacial score (nSPS) is 13.5. The molecule has 0 aliphatic heterocycles. The van der Waals surface area contributed by atoms with Crippen molar-refractivity contribution in [3.05, 3.63) is 63.3 Å². The summed E-state index contributed by atoms with van der Waals surface area (Å²) in [5, 5.41) is 3.21. The number of nitrogens with two attached hydrogens (primary N) is 1. The number of rotatable bonds is 4. The summed E-state index contributed by atoms with van der Waals surface area (Å²) >= 11 is 9.49. The van der Waals surface area contributed by atoms with Crippen LogP contribution in [-0.4, -0.2) is 5.91 Å². The van der Waals surface area contributed by atoms with Gasteiger partial charge < -0.3 is 11.1 Å². The molecule has 2 rings (SSSR count). The molecule has 0 heterocycles. The van der Waals surface area contributed by atoms with Gasteiger partial charge in [-0.05, 0) is 31.2 Å². The summed E-state index contributed by atoms with van der Waals surface area (Å²) < 4.78 is 14.6. The van der Waals surface area contributed by atoms with Gasteiger partial charge in [0, 0.05) is 15.1 Å². The predicted molar refractivity (Wildman–Crippen MR) is 85.7 cm³/mol. The molecule has 0 aliphatic carbocycles. The molecule has 0 fully saturated rings. The van der Waals surface area contributed by atoms with Gasteiger partial charge in [-0.2, -0.15) is 0 Å². The molecular formula is C15H13BrClFN2O. The average Bonchev–Trinajstić information content (AvgIpc) is 2.41. The maximum Gasteiger partial charge on any atom is 0.247 e. The summed E-state index contributed by atoms with van der Waals surface area (Å²) in [4.78, 5) is 11.9. The summed E-state index contributed by atoms with van der Waals surface area (Å²) in [5.74, 6) is -1.13. The van der Waals surface area contributed by atoms with Gasteiger partial charge in [-0.1, -0.05) is 45.7 Å². The van der Waals surface area contributed by atoms with Crippen LogP contribution in [0.5, 0.6) is 0 Å². The number of para-hydroxylation sites is 1. The Balaban J connectivity index is 2.51. The van der Waals surface area contributed by atoms with E-state index < -0.39 is 17.3 Å². The summed E-state index contributed by atoms with van der Waals surface area (Å²) in [6.07, 6.45) is 0. The van der Waals surface area contributed by atoms with Gasteiger partial charge in [0.25, 0.3) is 0 Å². The summed E-state index contributed by atoms with van der Waals surface area (Å²) in [5.41, 5.74) is 4.83. The van der Waals surface area contributed by atoms with Crippen LogP contribution >= 0.6 is 27.5 Å². The Morgan fingerprint density at radius 2 is 2.00 bits per heavy atom. The van der Waals surface area contributed by atoms with Gasteiger partial charge in [-0.15, -0.1) is 0 Å². The molecule has 0 saturated carbocycles. The van der Waals surface area contributed by atoms with Crippen molar-refractivity contribution in [2.75, 3.05) is 5.32 Å². The van der Waals surface area contributed by atoms with Gasteiger partial charge in [0.15, 0.2) is 0 Å². The summed E-state index contributed by atoms with van der Waals surface area (Å²) in [7, 11) is 0. The Kier molecular flexibility index (Phi) is 4.54. The van der Waals surface area contributed by atoms with E-state index in [-0.39, 0.29) is 5.69 Å². The van der Waals surface area contributed by atoms with Gasteiger partial charge in [0.05, 0.1) is 5.69 Å². The molecule has 0 saturated heterocycles. The molecule has 3 nitrogen and oxygen atoms in total. The third-order valence-electron chi connectivity index (χ3n) is 3.22. The zero-order valence-electron chi connectivity index (χ0n) is 11.2. The largest absolute Gasteiger partial charge is 0.367 e. The quantitative estimate of drug-likeness (QED) is 0.852. The number of hydrogen-bond acceptors (Lipinski definition) is 2. The highest BCUT2D eigenvalue weighted by molar-refractivity contribution is 9.10. The van der Waals surface area contributed by atoms with E-state index in [1.807, 2.05) is 0 Å². The van der Waals surface area contributed by atoms with Crippen LogP contribution in [0.3, 0.4) is 0 Å². The predicted octanol–water partition coefficient (Wildman–Crippen LogP) is 4.05. The smallest absolute Gasteiger partial charge is 0.247 e. The van der Waals surface area contributed by atoms with Gasteiger partial charge in [0.1, 0.15) is 11.4 Å². The molecule has 1 unspecified atom stereocenters. The van der Waals surface area contributed by atoms with Crippen LogP contribution in [0.25, 0.3) is 0 Å². The van der Waals surface area contributed by atoms with E-state index in [0.29, 0.717) is 10.6 Å². The first-order valence-electron chi connectivity index (χ1n) is 6.13. The first-order chi connectivity index (χ1) is 9.84. The molecule has 0 aliphatic rings. The van der Waals surface area contributed by atoms with E-state index in [1.54, 1.807) is 37.3 Å². The molecule has 0 radical (unpaired) electrons. The third-order valence-corrected chi connectivity index (χ3v) is 4.03. The second-order valence-corrected chi connectivity index (χ2v) is 6.04. The minimum atomic E-state index is -1.33. The number of nitrogens with one attached hydrogen (secondary N) is 1. The van der Waals surface area contributed by atoms with E-state index in [1.165, 1.54) is 12.1 Å². The van der Waals surface area contributed by atoms with Crippen LogP contribution in [0.1, 0.15) is 12.5 Å². The molecule has 0 aromatic heterocycles. The van der Waals surface area contributed by atoms with E-state index >= 15 is 0 Å². The number of anilines is 1. The number of amides is 1. The molecule has 21 heavy (non-hydrogen) atoms. The monoisotopic (exact) mass is 370 g/mol. The Morgan fingerprint density at radius 3 is 2.57 bits per heavy atom. The van der Waals surface area contributed by atoms with Crippen molar-refractivity contribution in [1.29, 1.82) is 0 Å². The second kappa shape index (κ2) is 6.03. The highest BCUT2D eigenvalue weighted by Gasteiger charge is 2.35. The van der Waals surface area contributed by atoms with Crippen molar-refractivity contribution < 1.29 is 9.18 Å². The van der Waals surface area contributed by atoms with Crippen LogP contribution in [0, 0.1) is 5.82 Å². The molecular weight excluding hydrogens is 359 g/mol. The van der Waals surface area contributed by atoms with Gasteiger partial charge in [-0.25, -0.2) is 4.39 Å². The molecule has 110 valence electrons. The minimum absolute atomic E-state index is 0.179. The SMILES string of the molecule is CC(Nc1ccccc1F)(C(N)=O)c1ccc(Br)cc1Cl. The van der Waals surface area contributed by atoms with Crippen molar-refractivity contribution in [2.45, 2.75) is 12.5 Å². The Labute approximate surface area is 135 Å². The Bertz CT molecular complexity index is 695. The number of benzene rings is 2. The molecule has 1 amide bonds. The van der Waals surface area contributed by atoms with Gasteiger partial charge in [0.2, 0.25) is 5.91 Å². The average molecular weight is 372 g/mol. The fourth-order valence-electron chi connectivity index (χ4n) is 1.99. The van der Waals surface area contributed by atoms with Crippen LogP contribution in [0.2, 0.25) is 5.02 Å². The lowest BCUT2D eigenvalue weighted by Crippen LogP contribution is -2.45. The van der Waals surface area contributed by atoms with Crippen LogP contribution in [0.4, 0.5) is 10.1 Å². The number of halogens is 3. The molecule has 6 heteroatoms. The van der Waals surface area contributed by atoms with E-state index in [0.717, 1.165) is 4.47 Å². The Morgan fingerprint density at radius 1 is 1.33 bits per heavy atom. The van der Waals surface area contributed by atoms with E-state index in [9.17, 15) is 9.18 Å². The molecule has 0 bridgehead atoms. The first-order valence-corrected chi connectivity index (χ1v) is 7.30. The fourth-order valence-corrected chi connectivity index (χ4v) is 2.85. The van der Waals surface area contributed by atoms with Crippen molar-refractivity contribution in [3.8, 4) is 0 Å². The topological polar surface area (TPSA) is 55.1 Å².